The number of aryl methyl sites for hydroxylation is 2. The number of aromatic nitrogens is 3. The number of nitrogens with one attached hydrogen (secondary N) is 1. The molecular weight excluding hydrogens is 344 g/mol. The molecule has 2 aromatic heterocycles. The molecule has 0 atom stereocenters. The predicted molar refractivity (Wildman–Crippen MR) is 109 cm³/mol. The first kappa shape index (κ1) is 17.8. The second-order valence-corrected chi connectivity index (χ2v) is 6.06. The third-order valence-corrected chi connectivity index (χ3v) is 4.08. The number of hydrogen-bond acceptors (Lipinski definition) is 4. The summed E-state index contributed by atoms with van der Waals surface area (Å²) >= 11 is 0. The van der Waals surface area contributed by atoms with E-state index in [0.717, 1.165) is 39.5 Å². The molecule has 0 spiro atoms. The van der Waals surface area contributed by atoms with Crippen molar-refractivity contribution in [3.8, 4) is 11.3 Å². The van der Waals surface area contributed by atoms with Crippen molar-refractivity contribution in [1.29, 1.82) is 0 Å². The Bertz CT molecular complexity index is 1040. The molecule has 0 amide bonds. The molecule has 0 radical (unpaired) electrons. The van der Waals surface area contributed by atoms with Crippen LogP contribution in [0.3, 0.4) is 0 Å². The van der Waals surface area contributed by atoms with Crippen LogP contribution in [-0.4, -0.2) is 15.0 Å². The average Bonchev–Trinajstić information content (AvgIpc) is 2.62. The van der Waals surface area contributed by atoms with Gasteiger partial charge in [-0.05, 0) is 26.0 Å². The van der Waals surface area contributed by atoms with Gasteiger partial charge >= 0.3 is 0 Å². The normalized spacial score (nSPS) is 10.4. The maximum atomic E-state index is 4.57. The van der Waals surface area contributed by atoms with Gasteiger partial charge in [-0.3, -0.25) is 4.98 Å². The van der Waals surface area contributed by atoms with Gasteiger partial charge in [0.05, 0.1) is 16.9 Å². The van der Waals surface area contributed by atoms with E-state index in [1.807, 2.05) is 31.2 Å². The Morgan fingerprint density at radius 2 is 1.62 bits per heavy atom. The number of rotatable bonds is 3. The quantitative estimate of drug-likeness (QED) is 0.524. The third-order valence-electron chi connectivity index (χ3n) is 4.08. The zero-order valence-electron chi connectivity index (χ0n) is 14.6. The van der Waals surface area contributed by atoms with Crippen molar-refractivity contribution in [3.05, 3.63) is 78.2 Å². The number of nitrogens with zero attached hydrogens (tertiary/aromatic N) is 3. The second-order valence-electron chi connectivity index (χ2n) is 6.06. The highest BCUT2D eigenvalue weighted by molar-refractivity contribution is 5.91. The monoisotopic (exact) mass is 362 g/mol. The van der Waals surface area contributed by atoms with Gasteiger partial charge in [0, 0.05) is 23.2 Å². The van der Waals surface area contributed by atoms with E-state index in [1.54, 1.807) is 6.20 Å². The standard InChI is InChI=1S/C21H18N4.ClH/c1-14-8-10-16(11-9-14)19-13-20(24-15(2)23-19)25-18-7-3-5-17-6-4-12-22-21(17)18;/h3-13H,1-2H3,(H,23,24,25);1H. The summed E-state index contributed by atoms with van der Waals surface area (Å²) in [6.45, 7) is 3.99. The van der Waals surface area contributed by atoms with Gasteiger partial charge in [0.2, 0.25) is 0 Å². The highest BCUT2D eigenvalue weighted by Crippen LogP contribution is 2.26. The number of pyridine rings is 1. The maximum absolute atomic E-state index is 4.57. The lowest BCUT2D eigenvalue weighted by Crippen LogP contribution is -2.00. The van der Waals surface area contributed by atoms with Crippen LogP contribution in [0.15, 0.2) is 66.9 Å². The van der Waals surface area contributed by atoms with Gasteiger partial charge in [0.25, 0.3) is 0 Å². The van der Waals surface area contributed by atoms with Crippen LogP contribution >= 0.6 is 12.4 Å². The zero-order chi connectivity index (χ0) is 17.2. The fraction of sp³-hybridized carbons (Fsp3) is 0.0952. The molecule has 0 aliphatic rings. The van der Waals surface area contributed by atoms with Gasteiger partial charge in [0.1, 0.15) is 11.6 Å². The fourth-order valence-electron chi connectivity index (χ4n) is 2.85. The summed E-state index contributed by atoms with van der Waals surface area (Å²) in [7, 11) is 0. The molecule has 5 heteroatoms. The van der Waals surface area contributed by atoms with E-state index in [9.17, 15) is 0 Å². The fourth-order valence-corrected chi connectivity index (χ4v) is 2.85. The molecule has 0 fully saturated rings. The van der Waals surface area contributed by atoms with Gasteiger partial charge in [0.15, 0.2) is 0 Å². The Balaban J connectivity index is 0.00000196. The molecule has 0 saturated heterocycles. The van der Waals surface area contributed by atoms with Crippen LogP contribution in [0.5, 0.6) is 0 Å². The first-order valence-corrected chi connectivity index (χ1v) is 8.22. The van der Waals surface area contributed by atoms with Crippen LogP contribution in [0, 0.1) is 13.8 Å². The molecule has 4 rings (SSSR count). The first-order valence-electron chi connectivity index (χ1n) is 8.22. The molecular formula is C21H19ClN4. The minimum absolute atomic E-state index is 0. The number of para-hydroxylation sites is 1. The molecule has 4 aromatic rings. The van der Waals surface area contributed by atoms with Gasteiger partial charge < -0.3 is 5.32 Å². The van der Waals surface area contributed by atoms with Crippen molar-refractivity contribution in [2.24, 2.45) is 0 Å². The van der Waals surface area contributed by atoms with Crippen LogP contribution < -0.4 is 5.32 Å². The van der Waals surface area contributed by atoms with E-state index in [1.165, 1.54) is 5.56 Å². The van der Waals surface area contributed by atoms with Crippen molar-refractivity contribution in [2.45, 2.75) is 13.8 Å². The molecule has 2 heterocycles. The molecule has 0 aliphatic carbocycles. The van der Waals surface area contributed by atoms with Crippen LogP contribution in [-0.2, 0) is 0 Å². The summed E-state index contributed by atoms with van der Waals surface area (Å²) in [5.41, 5.74) is 5.08. The molecule has 130 valence electrons. The maximum Gasteiger partial charge on any atom is 0.134 e. The Kier molecular flexibility index (Phi) is 5.14. The van der Waals surface area contributed by atoms with E-state index in [2.05, 4.69) is 63.6 Å². The summed E-state index contributed by atoms with van der Waals surface area (Å²) in [4.78, 5) is 13.6. The molecule has 26 heavy (non-hydrogen) atoms. The van der Waals surface area contributed by atoms with Crippen molar-refractivity contribution >= 4 is 34.8 Å². The van der Waals surface area contributed by atoms with Crippen molar-refractivity contribution in [1.82, 2.24) is 15.0 Å². The summed E-state index contributed by atoms with van der Waals surface area (Å²) < 4.78 is 0. The van der Waals surface area contributed by atoms with Gasteiger partial charge in [-0.15, -0.1) is 12.4 Å². The van der Waals surface area contributed by atoms with E-state index >= 15 is 0 Å². The van der Waals surface area contributed by atoms with Crippen LogP contribution in [0.4, 0.5) is 11.5 Å². The molecule has 0 aliphatic heterocycles. The number of hydrogen-bond donors (Lipinski definition) is 1. The Labute approximate surface area is 158 Å². The summed E-state index contributed by atoms with van der Waals surface area (Å²) in [5.74, 6) is 1.50. The van der Waals surface area contributed by atoms with E-state index in [-0.39, 0.29) is 12.4 Å². The van der Waals surface area contributed by atoms with Crippen molar-refractivity contribution < 1.29 is 0 Å². The van der Waals surface area contributed by atoms with E-state index in [4.69, 9.17) is 0 Å². The summed E-state index contributed by atoms with van der Waals surface area (Å²) in [5, 5.41) is 4.49. The minimum atomic E-state index is 0. The molecule has 4 nitrogen and oxygen atoms in total. The third kappa shape index (κ3) is 3.65. The highest BCUT2D eigenvalue weighted by atomic mass is 35.5. The van der Waals surface area contributed by atoms with E-state index in [0.29, 0.717) is 0 Å². The molecule has 1 N–H and O–H groups in total. The molecule has 0 unspecified atom stereocenters. The van der Waals surface area contributed by atoms with Gasteiger partial charge in [-0.2, -0.15) is 0 Å². The van der Waals surface area contributed by atoms with Crippen LogP contribution in [0.25, 0.3) is 22.2 Å². The summed E-state index contributed by atoms with van der Waals surface area (Å²) in [6, 6.07) is 20.4. The van der Waals surface area contributed by atoms with Crippen LogP contribution in [0.2, 0.25) is 0 Å². The lowest BCUT2D eigenvalue weighted by atomic mass is 10.1. The molecule has 0 bridgehead atoms. The SMILES string of the molecule is Cc1ccc(-c2cc(Nc3cccc4cccnc34)nc(C)n2)cc1.Cl. The first-order chi connectivity index (χ1) is 12.2. The lowest BCUT2D eigenvalue weighted by molar-refractivity contribution is 1.06. The zero-order valence-corrected chi connectivity index (χ0v) is 15.4. The number of anilines is 2. The molecule has 0 saturated carbocycles. The molecule has 2 aromatic carbocycles. The Morgan fingerprint density at radius 3 is 2.42 bits per heavy atom. The minimum Gasteiger partial charge on any atom is -0.338 e. The predicted octanol–water partition coefficient (Wildman–Crippen LogP) is 5.47. The Hall–Kier alpha value is -2.98. The van der Waals surface area contributed by atoms with Crippen LogP contribution in [0.1, 0.15) is 11.4 Å². The smallest absolute Gasteiger partial charge is 0.134 e. The van der Waals surface area contributed by atoms with Crippen molar-refractivity contribution in [3.63, 3.8) is 0 Å². The van der Waals surface area contributed by atoms with Gasteiger partial charge in [-0.1, -0.05) is 48.0 Å². The topological polar surface area (TPSA) is 50.7 Å². The summed E-state index contributed by atoms with van der Waals surface area (Å²) in [6.07, 6.45) is 1.80. The number of halogens is 1. The number of fused-ring (bicyclic) bond motifs is 1. The number of benzene rings is 2. The van der Waals surface area contributed by atoms with E-state index < -0.39 is 0 Å². The average molecular weight is 363 g/mol. The van der Waals surface area contributed by atoms with Gasteiger partial charge in [-0.25, -0.2) is 9.97 Å². The van der Waals surface area contributed by atoms with Crippen molar-refractivity contribution in [2.75, 3.05) is 5.32 Å². The Morgan fingerprint density at radius 1 is 0.846 bits per heavy atom. The highest BCUT2D eigenvalue weighted by Gasteiger charge is 2.07. The largest absolute Gasteiger partial charge is 0.338 e. The second kappa shape index (κ2) is 7.50. The lowest BCUT2D eigenvalue weighted by Gasteiger charge is -2.10.